The van der Waals surface area contributed by atoms with E-state index in [0.29, 0.717) is 17.3 Å². The predicted octanol–water partition coefficient (Wildman–Crippen LogP) is 5.54. The number of rotatable bonds is 9. The van der Waals surface area contributed by atoms with Crippen LogP contribution in [0.5, 0.6) is 0 Å². The van der Waals surface area contributed by atoms with E-state index < -0.39 is 5.92 Å². The Balaban J connectivity index is 1.37. The first-order chi connectivity index (χ1) is 18.7. The number of hydrogen-bond donors (Lipinski definition) is 4. The van der Waals surface area contributed by atoms with Crippen LogP contribution in [-0.4, -0.2) is 15.9 Å². The first-order valence-corrected chi connectivity index (χ1v) is 12.3. The molecule has 0 aliphatic rings. The van der Waals surface area contributed by atoms with Gasteiger partial charge in [0.15, 0.2) is 11.6 Å². The quantitative estimate of drug-likeness (QED) is 0.198. The standard InChI is InChI=1S/C31H28N6O/c32-27-29(35-28(24-17-9-3-10-18-24)25-19-11-4-12-20-25)33-21-34-30(27)36-37-31(38)26(22-13-5-1-6-14-22)23-15-7-2-8-16-23/h1-21,26,28H,32H2,(H,37,38)(H2,33,34,35,36). The van der Waals surface area contributed by atoms with Crippen molar-refractivity contribution in [3.63, 3.8) is 0 Å². The van der Waals surface area contributed by atoms with Crippen LogP contribution >= 0.6 is 0 Å². The maximum Gasteiger partial charge on any atom is 0.250 e. The summed E-state index contributed by atoms with van der Waals surface area (Å²) in [5.41, 5.74) is 16.4. The van der Waals surface area contributed by atoms with Gasteiger partial charge in [-0.05, 0) is 22.3 Å². The molecule has 0 bridgehead atoms. The predicted molar refractivity (Wildman–Crippen MR) is 151 cm³/mol. The molecule has 7 nitrogen and oxygen atoms in total. The Bertz CT molecular complexity index is 1390. The van der Waals surface area contributed by atoms with Gasteiger partial charge in [-0.2, -0.15) is 0 Å². The highest BCUT2D eigenvalue weighted by molar-refractivity contribution is 5.88. The summed E-state index contributed by atoms with van der Waals surface area (Å²) < 4.78 is 0. The third-order valence-electron chi connectivity index (χ3n) is 6.26. The Morgan fingerprint density at radius 1 is 0.605 bits per heavy atom. The lowest BCUT2D eigenvalue weighted by Crippen LogP contribution is -2.35. The molecule has 38 heavy (non-hydrogen) atoms. The Kier molecular flexibility index (Phi) is 7.56. The average molecular weight is 501 g/mol. The molecule has 0 fully saturated rings. The zero-order valence-electron chi connectivity index (χ0n) is 20.7. The van der Waals surface area contributed by atoms with Gasteiger partial charge in [0, 0.05) is 0 Å². The molecular weight excluding hydrogens is 472 g/mol. The van der Waals surface area contributed by atoms with Gasteiger partial charge >= 0.3 is 0 Å². The lowest BCUT2D eigenvalue weighted by Gasteiger charge is -2.22. The molecule has 0 atom stereocenters. The maximum absolute atomic E-state index is 13.4. The van der Waals surface area contributed by atoms with Crippen LogP contribution in [0.3, 0.4) is 0 Å². The van der Waals surface area contributed by atoms with E-state index in [1.807, 2.05) is 97.1 Å². The van der Waals surface area contributed by atoms with E-state index in [1.165, 1.54) is 6.33 Å². The molecule has 7 heteroatoms. The normalized spacial score (nSPS) is 10.8. The highest BCUT2D eigenvalue weighted by Gasteiger charge is 2.23. The van der Waals surface area contributed by atoms with Gasteiger partial charge in [-0.15, -0.1) is 0 Å². The minimum Gasteiger partial charge on any atom is -0.393 e. The Labute approximate surface area is 221 Å². The van der Waals surface area contributed by atoms with Gasteiger partial charge in [0.2, 0.25) is 5.91 Å². The molecule has 5 N–H and O–H groups in total. The monoisotopic (exact) mass is 500 g/mol. The largest absolute Gasteiger partial charge is 0.393 e. The van der Waals surface area contributed by atoms with Crippen LogP contribution in [0.4, 0.5) is 17.3 Å². The van der Waals surface area contributed by atoms with Crippen LogP contribution in [0.15, 0.2) is 128 Å². The lowest BCUT2D eigenvalue weighted by molar-refractivity contribution is -0.121. The number of nitrogen functional groups attached to an aromatic ring is 1. The van der Waals surface area contributed by atoms with Crippen molar-refractivity contribution < 1.29 is 4.79 Å². The molecule has 0 aliphatic heterocycles. The van der Waals surface area contributed by atoms with Crippen molar-refractivity contribution in [2.75, 3.05) is 16.5 Å². The SMILES string of the molecule is Nc1c(NNC(=O)C(c2ccccc2)c2ccccc2)ncnc1NC(c1ccccc1)c1ccccc1. The van der Waals surface area contributed by atoms with Gasteiger partial charge < -0.3 is 11.1 Å². The molecule has 0 radical (unpaired) electrons. The van der Waals surface area contributed by atoms with Gasteiger partial charge in [0.1, 0.15) is 12.0 Å². The fourth-order valence-corrected chi connectivity index (χ4v) is 4.38. The second kappa shape index (κ2) is 11.7. The summed E-state index contributed by atoms with van der Waals surface area (Å²) in [4.78, 5) is 22.0. The maximum atomic E-state index is 13.4. The zero-order chi connectivity index (χ0) is 26.2. The van der Waals surface area contributed by atoms with Crippen LogP contribution in [0.1, 0.15) is 34.2 Å². The van der Waals surface area contributed by atoms with Gasteiger partial charge in [-0.1, -0.05) is 121 Å². The Morgan fingerprint density at radius 2 is 1.03 bits per heavy atom. The molecule has 1 amide bonds. The fraction of sp³-hybridized carbons (Fsp3) is 0.0645. The van der Waals surface area contributed by atoms with E-state index in [-0.39, 0.29) is 11.9 Å². The minimum atomic E-state index is -0.508. The molecule has 1 aromatic heterocycles. The average Bonchev–Trinajstić information content (AvgIpc) is 2.98. The third kappa shape index (κ3) is 5.63. The molecule has 0 aliphatic carbocycles. The molecule has 4 aromatic carbocycles. The number of anilines is 3. The lowest BCUT2D eigenvalue weighted by atomic mass is 9.91. The van der Waals surface area contributed by atoms with E-state index in [1.54, 1.807) is 0 Å². The van der Waals surface area contributed by atoms with Crippen LogP contribution in [-0.2, 0) is 4.79 Å². The molecule has 5 rings (SSSR count). The van der Waals surface area contributed by atoms with Crippen LogP contribution in [0, 0.1) is 0 Å². The summed E-state index contributed by atoms with van der Waals surface area (Å²) >= 11 is 0. The van der Waals surface area contributed by atoms with Crippen molar-refractivity contribution in [1.82, 2.24) is 15.4 Å². The number of nitrogens with zero attached hydrogens (tertiary/aromatic N) is 2. The number of nitrogens with one attached hydrogen (secondary N) is 3. The molecule has 0 spiro atoms. The topological polar surface area (TPSA) is 105 Å². The molecule has 188 valence electrons. The van der Waals surface area contributed by atoms with Crippen molar-refractivity contribution in [1.29, 1.82) is 0 Å². The second-order valence-corrected chi connectivity index (χ2v) is 8.75. The smallest absolute Gasteiger partial charge is 0.250 e. The van der Waals surface area contributed by atoms with Crippen molar-refractivity contribution in [3.8, 4) is 0 Å². The van der Waals surface area contributed by atoms with Crippen LogP contribution in [0.2, 0.25) is 0 Å². The molecule has 0 unspecified atom stereocenters. The van der Waals surface area contributed by atoms with Crippen molar-refractivity contribution in [3.05, 3.63) is 150 Å². The highest BCUT2D eigenvalue weighted by atomic mass is 16.2. The molecule has 0 saturated heterocycles. The fourth-order valence-electron chi connectivity index (χ4n) is 4.38. The minimum absolute atomic E-state index is 0.183. The molecule has 1 heterocycles. The number of carbonyl (C=O) groups is 1. The van der Waals surface area contributed by atoms with Gasteiger partial charge in [0.05, 0.1) is 12.0 Å². The zero-order valence-corrected chi connectivity index (χ0v) is 20.7. The van der Waals surface area contributed by atoms with Crippen LogP contribution < -0.4 is 21.9 Å². The van der Waals surface area contributed by atoms with Gasteiger partial charge in [0.25, 0.3) is 0 Å². The number of nitrogens with two attached hydrogens (primary N) is 1. The van der Waals surface area contributed by atoms with E-state index >= 15 is 0 Å². The number of hydrogen-bond acceptors (Lipinski definition) is 6. The number of benzene rings is 4. The van der Waals surface area contributed by atoms with E-state index in [0.717, 1.165) is 22.3 Å². The first kappa shape index (κ1) is 24.5. The Hall–Kier alpha value is -5.17. The number of amides is 1. The molecule has 5 aromatic rings. The summed E-state index contributed by atoms with van der Waals surface area (Å²) in [5, 5.41) is 3.45. The van der Waals surface area contributed by atoms with E-state index in [9.17, 15) is 4.79 Å². The summed E-state index contributed by atoms with van der Waals surface area (Å²) in [6.45, 7) is 0. The van der Waals surface area contributed by atoms with Crippen molar-refractivity contribution >= 4 is 23.2 Å². The van der Waals surface area contributed by atoms with Gasteiger partial charge in [-0.25, -0.2) is 9.97 Å². The number of hydrazine groups is 1. The van der Waals surface area contributed by atoms with E-state index in [4.69, 9.17) is 5.73 Å². The molecular formula is C31H28N6O. The first-order valence-electron chi connectivity index (χ1n) is 12.3. The summed E-state index contributed by atoms with van der Waals surface area (Å²) in [6.07, 6.45) is 1.41. The second-order valence-electron chi connectivity index (χ2n) is 8.75. The van der Waals surface area contributed by atoms with Crippen molar-refractivity contribution in [2.45, 2.75) is 12.0 Å². The third-order valence-corrected chi connectivity index (χ3v) is 6.26. The van der Waals surface area contributed by atoms with Crippen molar-refractivity contribution in [2.24, 2.45) is 0 Å². The van der Waals surface area contributed by atoms with Gasteiger partial charge in [-0.3, -0.25) is 15.6 Å². The summed E-state index contributed by atoms with van der Waals surface area (Å²) in [7, 11) is 0. The summed E-state index contributed by atoms with van der Waals surface area (Å²) in [6, 6.07) is 39.2. The number of carbonyl (C=O) groups excluding carboxylic acids is 1. The molecule has 0 saturated carbocycles. The highest BCUT2D eigenvalue weighted by Crippen LogP contribution is 2.30. The number of aromatic nitrogens is 2. The van der Waals surface area contributed by atoms with E-state index in [2.05, 4.69) is 50.4 Å². The summed E-state index contributed by atoms with van der Waals surface area (Å²) in [5.74, 6) is 0.0141. The Morgan fingerprint density at radius 3 is 1.50 bits per heavy atom. The van der Waals surface area contributed by atoms with Crippen LogP contribution in [0.25, 0.3) is 0 Å².